The number of carboxylic acid groups (broad SMARTS) is 1. The van der Waals surface area contributed by atoms with E-state index in [4.69, 9.17) is 10.8 Å². The number of hydrogen-bond donors (Lipinski definition) is 10. The molecule has 0 aliphatic heterocycles. The Bertz CT molecular complexity index is 861. The lowest BCUT2D eigenvalue weighted by atomic mass is 9.95. The molecule has 0 unspecified atom stereocenters. The van der Waals surface area contributed by atoms with E-state index in [9.17, 15) is 45.6 Å². The molecule has 0 aliphatic carbocycles. The number of carbonyl (C=O) groups is 1. The summed E-state index contributed by atoms with van der Waals surface area (Å²) in [5.74, 6) is -12.2. The molecule has 0 saturated heterocycles. The van der Waals surface area contributed by atoms with Crippen molar-refractivity contribution in [2.75, 3.05) is 5.73 Å². The Kier molecular flexibility index (Phi) is 3.49. The largest absolute Gasteiger partial charge is 0.506 e. The highest BCUT2D eigenvalue weighted by Gasteiger charge is 2.33. The van der Waals surface area contributed by atoms with Gasteiger partial charge in [-0.1, -0.05) is 0 Å². The third-order valence-corrected chi connectivity index (χ3v) is 3.29. The highest BCUT2D eigenvalue weighted by atomic mass is 16.4. The fourth-order valence-electron chi connectivity index (χ4n) is 2.09. The van der Waals surface area contributed by atoms with Gasteiger partial charge in [0.2, 0.25) is 11.5 Å². The number of nitrogen functional groups attached to an aromatic ring is 1. The predicted molar refractivity (Wildman–Crippen MR) is 76.6 cm³/mol. The van der Waals surface area contributed by atoms with Crippen LogP contribution in [-0.2, 0) is 0 Å². The van der Waals surface area contributed by atoms with Gasteiger partial charge in [0.05, 0.1) is 11.1 Å². The van der Waals surface area contributed by atoms with Crippen LogP contribution in [0.15, 0.2) is 0 Å². The number of carboxylic acids is 1. The fourth-order valence-corrected chi connectivity index (χ4v) is 2.09. The van der Waals surface area contributed by atoms with Gasteiger partial charge in [0.15, 0.2) is 28.7 Å². The van der Waals surface area contributed by atoms with E-state index in [-0.39, 0.29) is 0 Å². The maximum absolute atomic E-state index is 11.1. The molecule has 0 radical (unpaired) electrons. The molecular weight excluding hydrogens is 330 g/mol. The second-order valence-corrected chi connectivity index (χ2v) is 4.63. The number of aromatic carboxylic acids is 1. The standard InChI is InChI=1S/C13H11NO10/c14-4-6(16)2(8(18)12(22)10(4)20)1-5(15)3(13(23)24)9(19)11(21)7(1)17/h15-22H,14H2,(H,23,24). The predicted octanol–water partition coefficient (Wildman–Crippen LogP) is 0.279. The summed E-state index contributed by atoms with van der Waals surface area (Å²) in [5.41, 5.74) is 1.12. The molecule has 11 nitrogen and oxygen atoms in total. The molecule has 11 N–H and O–H groups in total. The summed E-state index contributed by atoms with van der Waals surface area (Å²) in [7, 11) is 0. The van der Waals surface area contributed by atoms with Crippen molar-refractivity contribution in [3.8, 4) is 57.1 Å². The number of anilines is 1. The first-order valence-corrected chi connectivity index (χ1v) is 6.01. The van der Waals surface area contributed by atoms with Crippen molar-refractivity contribution in [3.05, 3.63) is 5.56 Å². The van der Waals surface area contributed by atoms with E-state index in [1.54, 1.807) is 0 Å². The second kappa shape index (κ2) is 5.08. The zero-order chi connectivity index (χ0) is 18.5. The normalized spacial score (nSPS) is 10.7. The van der Waals surface area contributed by atoms with Crippen molar-refractivity contribution in [1.82, 2.24) is 0 Å². The Labute approximate surface area is 132 Å². The lowest BCUT2D eigenvalue weighted by Crippen LogP contribution is -2.00. The van der Waals surface area contributed by atoms with E-state index in [1.807, 2.05) is 0 Å². The number of hydrogen-bond acceptors (Lipinski definition) is 10. The highest BCUT2D eigenvalue weighted by Crippen LogP contribution is 2.59. The van der Waals surface area contributed by atoms with Crippen molar-refractivity contribution in [2.24, 2.45) is 0 Å². The van der Waals surface area contributed by atoms with Crippen LogP contribution in [0.4, 0.5) is 5.69 Å². The van der Waals surface area contributed by atoms with Gasteiger partial charge in [0.25, 0.3) is 0 Å². The molecular formula is C13H11NO10. The van der Waals surface area contributed by atoms with Crippen LogP contribution in [0, 0.1) is 0 Å². The molecule has 0 aromatic heterocycles. The third kappa shape index (κ3) is 1.95. The van der Waals surface area contributed by atoms with Gasteiger partial charge in [0.1, 0.15) is 17.0 Å². The fraction of sp³-hybridized carbons (Fsp3) is 0. The van der Waals surface area contributed by atoms with Crippen LogP contribution in [0.1, 0.15) is 10.4 Å². The Hall–Kier alpha value is -3.89. The molecule has 128 valence electrons. The maximum Gasteiger partial charge on any atom is 0.343 e. The summed E-state index contributed by atoms with van der Waals surface area (Å²) in [5, 5.41) is 86.6. The minimum atomic E-state index is -1.92. The molecule has 2 aromatic carbocycles. The van der Waals surface area contributed by atoms with Gasteiger partial charge in [0, 0.05) is 0 Å². The number of nitrogens with two attached hydrogens (primary N) is 1. The first-order chi connectivity index (χ1) is 11.0. The van der Waals surface area contributed by atoms with Crippen LogP contribution < -0.4 is 5.73 Å². The molecule has 0 atom stereocenters. The number of aromatic hydroxyl groups is 8. The number of benzene rings is 2. The first-order valence-electron chi connectivity index (χ1n) is 6.01. The highest BCUT2D eigenvalue weighted by molar-refractivity contribution is 6.03. The molecule has 24 heavy (non-hydrogen) atoms. The lowest BCUT2D eigenvalue weighted by Gasteiger charge is -2.17. The van der Waals surface area contributed by atoms with Crippen molar-refractivity contribution in [3.63, 3.8) is 0 Å². The average Bonchev–Trinajstić information content (AvgIpc) is 2.52. The molecule has 0 saturated carbocycles. The van der Waals surface area contributed by atoms with E-state index >= 15 is 0 Å². The van der Waals surface area contributed by atoms with Gasteiger partial charge in [-0.3, -0.25) is 0 Å². The topological polar surface area (TPSA) is 225 Å². The van der Waals surface area contributed by atoms with Gasteiger partial charge >= 0.3 is 5.97 Å². The zero-order valence-electron chi connectivity index (χ0n) is 11.5. The number of phenols is 8. The lowest BCUT2D eigenvalue weighted by molar-refractivity contribution is 0.0689. The quantitative estimate of drug-likeness (QED) is 0.203. The number of rotatable bonds is 2. The van der Waals surface area contributed by atoms with Crippen LogP contribution in [0.2, 0.25) is 0 Å². The molecule has 0 amide bonds. The molecule has 2 aromatic rings. The minimum absolute atomic E-state index is 0.872. The van der Waals surface area contributed by atoms with Crippen molar-refractivity contribution in [1.29, 1.82) is 0 Å². The van der Waals surface area contributed by atoms with E-state index in [0.29, 0.717) is 0 Å². The summed E-state index contributed by atoms with van der Waals surface area (Å²) in [6.07, 6.45) is 0. The van der Waals surface area contributed by atoms with Crippen LogP contribution in [-0.4, -0.2) is 51.9 Å². The summed E-state index contributed by atoms with van der Waals surface area (Å²) >= 11 is 0. The molecule has 0 bridgehead atoms. The van der Waals surface area contributed by atoms with E-state index in [2.05, 4.69) is 0 Å². The Morgan fingerprint density at radius 2 is 1.00 bits per heavy atom. The van der Waals surface area contributed by atoms with Gasteiger partial charge in [-0.15, -0.1) is 0 Å². The minimum Gasteiger partial charge on any atom is -0.506 e. The van der Waals surface area contributed by atoms with Gasteiger partial charge in [-0.2, -0.15) is 0 Å². The smallest absolute Gasteiger partial charge is 0.343 e. The van der Waals surface area contributed by atoms with Crippen molar-refractivity contribution >= 4 is 11.7 Å². The Balaban J connectivity index is 3.08. The van der Waals surface area contributed by atoms with Crippen LogP contribution in [0.3, 0.4) is 0 Å². The summed E-state index contributed by atoms with van der Waals surface area (Å²) < 4.78 is 0. The first kappa shape index (κ1) is 16.5. The maximum atomic E-state index is 11.1. The zero-order valence-corrected chi connectivity index (χ0v) is 11.5. The van der Waals surface area contributed by atoms with Crippen molar-refractivity contribution < 1.29 is 50.8 Å². The molecule has 0 fully saturated rings. The molecule has 0 spiro atoms. The monoisotopic (exact) mass is 341 g/mol. The molecule has 11 heteroatoms. The van der Waals surface area contributed by atoms with Crippen molar-refractivity contribution in [2.45, 2.75) is 0 Å². The Morgan fingerprint density at radius 3 is 1.46 bits per heavy atom. The van der Waals surface area contributed by atoms with Crippen LogP contribution in [0.5, 0.6) is 46.0 Å². The van der Waals surface area contributed by atoms with E-state index in [1.165, 1.54) is 0 Å². The molecule has 2 rings (SSSR count). The number of phenolic OH excluding ortho intramolecular Hbond substituents is 6. The summed E-state index contributed by atoms with van der Waals surface area (Å²) in [6, 6.07) is 0. The molecule has 0 aliphatic rings. The SMILES string of the molecule is Nc1c(O)c(O)c(O)c(-c2c(O)c(O)c(O)c(C(=O)O)c2O)c1O. The van der Waals surface area contributed by atoms with Gasteiger partial charge < -0.3 is 51.7 Å². The van der Waals surface area contributed by atoms with E-state index in [0.717, 1.165) is 0 Å². The second-order valence-electron chi connectivity index (χ2n) is 4.63. The average molecular weight is 341 g/mol. The van der Waals surface area contributed by atoms with Gasteiger partial charge in [-0.05, 0) is 0 Å². The van der Waals surface area contributed by atoms with E-state index < -0.39 is 74.3 Å². The summed E-state index contributed by atoms with van der Waals surface area (Å²) in [6.45, 7) is 0. The van der Waals surface area contributed by atoms with Crippen LogP contribution in [0.25, 0.3) is 11.1 Å². The summed E-state index contributed by atoms with van der Waals surface area (Å²) in [4.78, 5) is 11.1. The Morgan fingerprint density at radius 1 is 0.583 bits per heavy atom. The van der Waals surface area contributed by atoms with Crippen LogP contribution >= 0.6 is 0 Å². The van der Waals surface area contributed by atoms with Gasteiger partial charge in [-0.25, -0.2) is 4.79 Å². The molecule has 0 heterocycles. The third-order valence-electron chi connectivity index (χ3n) is 3.29.